The van der Waals surface area contributed by atoms with Gasteiger partial charge in [0.2, 0.25) is 0 Å². The van der Waals surface area contributed by atoms with E-state index in [4.69, 9.17) is 14.2 Å². The highest BCUT2D eigenvalue weighted by molar-refractivity contribution is 5.71. The fraction of sp³-hybridized carbons (Fsp3) is 0.800. The first-order valence-corrected chi connectivity index (χ1v) is 30.8. The van der Waals surface area contributed by atoms with Crippen LogP contribution in [0, 0.1) is 0 Å². The lowest BCUT2D eigenvalue weighted by Crippen LogP contribution is -2.30. The van der Waals surface area contributed by atoms with Crippen LogP contribution in [0.3, 0.4) is 0 Å². The normalized spacial score (nSPS) is 12.4. The first-order valence-electron chi connectivity index (χ1n) is 30.8. The average Bonchev–Trinajstić information content (AvgIpc) is 3.37. The molecule has 71 heavy (non-hydrogen) atoms. The Morgan fingerprint density at radius 3 is 0.859 bits per heavy atom. The Kier molecular flexibility index (Phi) is 57.2. The van der Waals surface area contributed by atoms with Gasteiger partial charge in [0, 0.05) is 19.3 Å². The van der Waals surface area contributed by atoms with Crippen molar-refractivity contribution in [3.05, 3.63) is 60.8 Å². The number of hydrogen-bond donors (Lipinski definition) is 0. The van der Waals surface area contributed by atoms with E-state index in [-0.39, 0.29) is 31.1 Å². The van der Waals surface area contributed by atoms with Crippen LogP contribution in [0.1, 0.15) is 316 Å². The van der Waals surface area contributed by atoms with Crippen molar-refractivity contribution in [1.82, 2.24) is 0 Å². The van der Waals surface area contributed by atoms with Gasteiger partial charge in [-0.1, -0.05) is 293 Å². The molecule has 0 spiro atoms. The number of carbonyl (C=O) groups is 3. The third kappa shape index (κ3) is 57.9. The van der Waals surface area contributed by atoms with Gasteiger partial charge in [-0.2, -0.15) is 0 Å². The van der Waals surface area contributed by atoms with Crippen molar-refractivity contribution in [3.63, 3.8) is 0 Å². The van der Waals surface area contributed by atoms with E-state index in [2.05, 4.69) is 81.5 Å². The summed E-state index contributed by atoms with van der Waals surface area (Å²) in [7, 11) is 0. The number of esters is 3. The molecule has 0 saturated carbocycles. The molecule has 0 heterocycles. The second-order valence-corrected chi connectivity index (χ2v) is 20.6. The lowest BCUT2D eigenvalue weighted by atomic mass is 10.0. The Hall–Kier alpha value is -2.89. The minimum atomic E-state index is -0.768. The zero-order valence-corrected chi connectivity index (χ0v) is 47.2. The van der Waals surface area contributed by atoms with Crippen LogP contribution in [0.25, 0.3) is 0 Å². The summed E-state index contributed by atoms with van der Waals surface area (Å²) in [5.74, 6) is -0.856. The van der Waals surface area contributed by atoms with Crippen LogP contribution in [0.5, 0.6) is 0 Å². The number of carbonyl (C=O) groups excluding carboxylic acids is 3. The van der Waals surface area contributed by atoms with E-state index in [0.717, 1.165) is 89.9 Å². The first kappa shape index (κ1) is 68.1. The molecule has 1 unspecified atom stereocenters. The summed E-state index contributed by atoms with van der Waals surface area (Å²) < 4.78 is 16.9. The van der Waals surface area contributed by atoms with Gasteiger partial charge in [-0.05, 0) is 64.2 Å². The molecule has 0 aromatic rings. The summed E-state index contributed by atoms with van der Waals surface area (Å²) in [6.07, 6.45) is 75.2. The van der Waals surface area contributed by atoms with E-state index in [9.17, 15) is 14.4 Å². The highest BCUT2D eigenvalue weighted by Crippen LogP contribution is 2.17. The van der Waals surface area contributed by atoms with Gasteiger partial charge in [-0.3, -0.25) is 14.4 Å². The highest BCUT2D eigenvalue weighted by atomic mass is 16.6. The van der Waals surface area contributed by atoms with Crippen LogP contribution < -0.4 is 0 Å². The van der Waals surface area contributed by atoms with Gasteiger partial charge in [0.05, 0.1) is 0 Å². The van der Waals surface area contributed by atoms with Crippen molar-refractivity contribution in [2.75, 3.05) is 13.2 Å². The molecule has 0 aliphatic heterocycles. The number of unbranched alkanes of at least 4 members (excludes halogenated alkanes) is 35. The van der Waals surface area contributed by atoms with E-state index >= 15 is 0 Å². The number of rotatable bonds is 56. The average molecular weight is 994 g/mol. The Balaban J connectivity index is 4.13. The lowest BCUT2D eigenvalue weighted by molar-refractivity contribution is -0.167. The SMILES string of the molecule is CC/C=C\C/C=C\C/C=C\C/C=C\C/C=C\CCCCCCCCCCCCCCCC(=O)OCC(COC(=O)CCCCCCCCCCC)OC(=O)CCCCCCCCCCCCCCCCC. The van der Waals surface area contributed by atoms with Gasteiger partial charge in [0.1, 0.15) is 13.2 Å². The lowest BCUT2D eigenvalue weighted by Gasteiger charge is -2.18. The maximum Gasteiger partial charge on any atom is 0.306 e. The summed E-state index contributed by atoms with van der Waals surface area (Å²) in [5.41, 5.74) is 0. The van der Waals surface area contributed by atoms with Gasteiger partial charge >= 0.3 is 17.9 Å². The smallest absolute Gasteiger partial charge is 0.306 e. The van der Waals surface area contributed by atoms with Gasteiger partial charge in [0.15, 0.2) is 6.10 Å². The van der Waals surface area contributed by atoms with Gasteiger partial charge < -0.3 is 14.2 Å². The molecule has 0 aliphatic carbocycles. The van der Waals surface area contributed by atoms with Crippen LogP contribution in [-0.4, -0.2) is 37.2 Å². The summed E-state index contributed by atoms with van der Waals surface area (Å²) in [4.78, 5) is 38.1. The van der Waals surface area contributed by atoms with E-state index in [1.807, 2.05) is 0 Å². The van der Waals surface area contributed by atoms with Crippen molar-refractivity contribution in [2.24, 2.45) is 0 Å². The highest BCUT2D eigenvalue weighted by Gasteiger charge is 2.19. The minimum absolute atomic E-state index is 0.0689. The van der Waals surface area contributed by atoms with Crippen LogP contribution in [0.2, 0.25) is 0 Å². The Labute approximate surface area is 440 Å². The van der Waals surface area contributed by atoms with Crippen LogP contribution in [0.4, 0.5) is 0 Å². The van der Waals surface area contributed by atoms with Crippen LogP contribution >= 0.6 is 0 Å². The molecule has 0 fully saturated rings. The van der Waals surface area contributed by atoms with Crippen LogP contribution in [-0.2, 0) is 28.6 Å². The predicted octanol–water partition coefficient (Wildman–Crippen LogP) is 20.8. The fourth-order valence-electron chi connectivity index (χ4n) is 8.94. The number of allylic oxidation sites excluding steroid dienone is 10. The molecule has 0 aromatic heterocycles. The Morgan fingerprint density at radius 2 is 0.549 bits per heavy atom. The largest absolute Gasteiger partial charge is 0.462 e. The standard InChI is InChI=1S/C65H116O6/c1-4-7-10-13-16-19-21-23-25-26-27-28-29-30-31-32-33-34-35-36-37-38-40-41-43-46-49-52-55-58-64(67)70-61-62(60-69-63(66)57-54-51-48-45-18-15-12-9-6-3)71-65(68)59-56-53-50-47-44-42-39-24-22-20-17-14-11-8-5-2/h7,10,16,19,23,25,27-28,30-31,62H,4-6,8-9,11-15,17-18,20-22,24,26,29,32-61H2,1-3H3/b10-7-,19-16-,25-23-,28-27-,31-30-. The topological polar surface area (TPSA) is 78.9 Å². The molecule has 1 atom stereocenters. The second-order valence-electron chi connectivity index (χ2n) is 20.6. The zero-order chi connectivity index (χ0) is 51.4. The monoisotopic (exact) mass is 993 g/mol. The molecule has 0 rings (SSSR count). The number of ether oxygens (including phenoxy) is 3. The molecule has 0 aliphatic rings. The maximum absolute atomic E-state index is 12.8. The van der Waals surface area contributed by atoms with Crippen molar-refractivity contribution in [3.8, 4) is 0 Å². The minimum Gasteiger partial charge on any atom is -0.462 e. The summed E-state index contributed by atoms with van der Waals surface area (Å²) in [6, 6.07) is 0. The van der Waals surface area contributed by atoms with E-state index in [1.165, 1.54) is 186 Å². The summed E-state index contributed by atoms with van der Waals surface area (Å²) >= 11 is 0. The molecule has 6 nitrogen and oxygen atoms in total. The van der Waals surface area contributed by atoms with E-state index in [1.54, 1.807) is 0 Å². The van der Waals surface area contributed by atoms with Gasteiger partial charge in [0.25, 0.3) is 0 Å². The third-order valence-corrected chi connectivity index (χ3v) is 13.5. The van der Waals surface area contributed by atoms with Gasteiger partial charge in [-0.25, -0.2) is 0 Å². The Bertz CT molecular complexity index is 1280. The maximum atomic E-state index is 12.8. The molecular formula is C65H116O6. The molecule has 6 heteroatoms. The van der Waals surface area contributed by atoms with E-state index in [0.29, 0.717) is 19.3 Å². The molecule has 0 aromatic carbocycles. The molecular weight excluding hydrogens is 877 g/mol. The Morgan fingerprint density at radius 1 is 0.296 bits per heavy atom. The summed E-state index contributed by atoms with van der Waals surface area (Å²) in [6.45, 7) is 6.54. The predicted molar refractivity (Wildman–Crippen MR) is 307 cm³/mol. The van der Waals surface area contributed by atoms with E-state index < -0.39 is 6.10 Å². The second kappa shape index (κ2) is 59.7. The molecule has 0 bridgehead atoms. The quantitative estimate of drug-likeness (QED) is 0.0261. The van der Waals surface area contributed by atoms with Crippen molar-refractivity contribution in [1.29, 1.82) is 0 Å². The first-order chi connectivity index (χ1) is 35.0. The summed E-state index contributed by atoms with van der Waals surface area (Å²) in [5, 5.41) is 0. The molecule has 412 valence electrons. The molecule has 0 radical (unpaired) electrons. The molecule has 0 amide bonds. The van der Waals surface area contributed by atoms with Crippen molar-refractivity contribution >= 4 is 17.9 Å². The number of hydrogen-bond acceptors (Lipinski definition) is 6. The molecule has 0 N–H and O–H groups in total. The third-order valence-electron chi connectivity index (χ3n) is 13.5. The van der Waals surface area contributed by atoms with Crippen molar-refractivity contribution < 1.29 is 28.6 Å². The fourth-order valence-corrected chi connectivity index (χ4v) is 8.94. The van der Waals surface area contributed by atoms with Crippen LogP contribution in [0.15, 0.2) is 60.8 Å². The van der Waals surface area contributed by atoms with Gasteiger partial charge in [-0.15, -0.1) is 0 Å². The van der Waals surface area contributed by atoms with Crippen molar-refractivity contribution in [2.45, 2.75) is 322 Å². The zero-order valence-electron chi connectivity index (χ0n) is 47.2. The molecule has 0 saturated heterocycles.